The molecule has 2 fully saturated rings. The number of esters is 1. The Kier molecular flexibility index (Phi) is 6.81. The van der Waals surface area contributed by atoms with Crippen LogP contribution in [0.2, 0.25) is 0 Å². The van der Waals surface area contributed by atoms with E-state index in [0.29, 0.717) is 30.4 Å². The number of allylic oxidation sites excluding steroid dienone is 2. The summed E-state index contributed by atoms with van der Waals surface area (Å²) in [4.78, 5) is 23.1. The van der Waals surface area contributed by atoms with E-state index >= 15 is 0 Å². The number of hydrazone groups is 1. The standard InChI is InChI=1S/C21H27N3O4/c1-28-20(26)9-5-6-14-10-15-12-19(25)18(17(15)11-14)13-22-24-21(27)23-16-7-3-2-4-8-16/h2-4,6-8,13,15,17-19,25H,5,9-12H2,1H3,(H2,23,24,27)/b14-6?,22-13-/t15-,17-,18+,19+/m0/s1. The van der Waals surface area contributed by atoms with Crippen molar-refractivity contribution < 1.29 is 19.4 Å². The van der Waals surface area contributed by atoms with Gasteiger partial charge in [-0.3, -0.25) is 4.79 Å². The van der Waals surface area contributed by atoms with Crippen molar-refractivity contribution in [1.29, 1.82) is 0 Å². The van der Waals surface area contributed by atoms with Crippen molar-refractivity contribution in [3.8, 4) is 0 Å². The molecule has 0 heterocycles. The van der Waals surface area contributed by atoms with E-state index in [9.17, 15) is 14.7 Å². The van der Waals surface area contributed by atoms with Crippen LogP contribution in [0.25, 0.3) is 0 Å². The molecule has 28 heavy (non-hydrogen) atoms. The lowest BCUT2D eigenvalue weighted by molar-refractivity contribution is -0.140. The number of hydrogen-bond donors (Lipinski definition) is 3. The molecule has 0 unspecified atom stereocenters. The summed E-state index contributed by atoms with van der Waals surface area (Å²) in [6.07, 6.45) is 7.03. The van der Waals surface area contributed by atoms with E-state index in [2.05, 4.69) is 26.7 Å². The molecule has 0 radical (unpaired) electrons. The number of aliphatic hydroxyl groups excluding tert-OH is 1. The minimum Gasteiger partial charge on any atom is -0.469 e. The first-order chi connectivity index (χ1) is 13.6. The van der Waals surface area contributed by atoms with Gasteiger partial charge in [0.15, 0.2) is 0 Å². The van der Waals surface area contributed by atoms with Crippen molar-refractivity contribution in [2.75, 3.05) is 12.4 Å². The summed E-state index contributed by atoms with van der Waals surface area (Å²) in [6, 6.07) is 8.72. The number of hydrogen-bond acceptors (Lipinski definition) is 5. The van der Waals surface area contributed by atoms with Crippen molar-refractivity contribution in [2.24, 2.45) is 22.9 Å². The van der Waals surface area contributed by atoms with Gasteiger partial charge in [-0.25, -0.2) is 10.2 Å². The van der Waals surface area contributed by atoms with Gasteiger partial charge in [0.05, 0.1) is 13.2 Å². The molecule has 0 spiro atoms. The van der Waals surface area contributed by atoms with E-state index in [1.54, 1.807) is 18.3 Å². The molecular weight excluding hydrogens is 358 g/mol. The molecule has 1 aromatic rings. The highest BCUT2D eigenvalue weighted by Crippen LogP contribution is 2.49. The number of fused-ring (bicyclic) bond motifs is 1. The molecule has 2 amide bonds. The first-order valence-corrected chi connectivity index (χ1v) is 9.65. The number of anilines is 1. The number of ether oxygens (including phenoxy) is 1. The number of para-hydroxylation sites is 1. The van der Waals surface area contributed by atoms with Crippen LogP contribution in [-0.4, -0.2) is 36.5 Å². The third kappa shape index (κ3) is 5.19. The number of benzene rings is 1. The lowest BCUT2D eigenvalue weighted by Crippen LogP contribution is -2.27. The van der Waals surface area contributed by atoms with Gasteiger partial charge in [0.2, 0.25) is 0 Å². The molecule has 2 aliphatic rings. The van der Waals surface area contributed by atoms with Crippen LogP contribution in [0.4, 0.5) is 10.5 Å². The number of amides is 2. The second-order valence-electron chi connectivity index (χ2n) is 7.40. The zero-order valence-electron chi connectivity index (χ0n) is 16.0. The van der Waals surface area contributed by atoms with Crippen molar-refractivity contribution in [3.05, 3.63) is 42.0 Å². The maximum absolute atomic E-state index is 11.9. The SMILES string of the molecule is COC(=O)CCC=C1C[C@H]2C[C@@H](O)[C@H](/C=N\NC(=O)Nc3ccccc3)[C@H]2C1. The van der Waals surface area contributed by atoms with Crippen LogP contribution in [0.1, 0.15) is 32.1 Å². The molecular formula is C21H27N3O4. The third-order valence-electron chi connectivity index (χ3n) is 5.56. The largest absolute Gasteiger partial charge is 0.469 e. The Hall–Kier alpha value is -2.67. The Morgan fingerprint density at radius 1 is 1.29 bits per heavy atom. The Bertz CT molecular complexity index is 747. The van der Waals surface area contributed by atoms with Gasteiger partial charge in [-0.05, 0) is 49.7 Å². The van der Waals surface area contributed by atoms with Crippen molar-refractivity contribution >= 4 is 23.9 Å². The molecule has 2 aliphatic carbocycles. The number of rotatable bonds is 6. The van der Waals surface area contributed by atoms with Gasteiger partial charge in [-0.15, -0.1) is 0 Å². The number of aliphatic hydroxyl groups is 1. The number of nitrogens with one attached hydrogen (secondary N) is 2. The monoisotopic (exact) mass is 385 g/mol. The molecule has 0 bridgehead atoms. The van der Waals surface area contributed by atoms with E-state index in [-0.39, 0.29) is 11.9 Å². The van der Waals surface area contributed by atoms with Crippen LogP contribution < -0.4 is 10.7 Å². The van der Waals surface area contributed by atoms with Crippen LogP contribution in [0.5, 0.6) is 0 Å². The van der Waals surface area contributed by atoms with Crippen LogP contribution >= 0.6 is 0 Å². The number of nitrogens with zero attached hydrogens (tertiary/aromatic N) is 1. The Labute approximate surface area is 164 Å². The topological polar surface area (TPSA) is 100 Å². The van der Waals surface area contributed by atoms with Gasteiger partial charge in [-0.2, -0.15) is 5.10 Å². The van der Waals surface area contributed by atoms with Gasteiger partial charge in [0.25, 0.3) is 0 Å². The smallest absolute Gasteiger partial charge is 0.339 e. The van der Waals surface area contributed by atoms with Crippen LogP contribution in [0, 0.1) is 17.8 Å². The molecule has 4 atom stereocenters. The minimum absolute atomic E-state index is 0.0754. The van der Waals surface area contributed by atoms with E-state index in [4.69, 9.17) is 0 Å². The molecule has 0 aromatic heterocycles. The number of carbonyl (C=O) groups is 2. The summed E-state index contributed by atoms with van der Waals surface area (Å²) in [5.74, 6) is 0.472. The summed E-state index contributed by atoms with van der Waals surface area (Å²) in [5, 5.41) is 17.1. The molecule has 7 heteroatoms. The third-order valence-corrected chi connectivity index (χ3v) is 5.56. The average molecular weight is 385 g/mol. The summed E-state index contributed by atoms with van der Waals surface area (Å²) in [7, 11) is 1.40. The fraction of sp³-hybridized carbons (Fsp3) is 0.476. The maximum Gasteiger partial charge on any atom is 0.339 e. The molecule has 3 N–H and O–H groups in total. The normalized spacial score (nSPS) is 27.7. The van der Waals surface area contributed by atoms with Crippen molar-refractivity contribution in [2.45, 2.75) is 38.2 Å². The molecule has 0 aliphatic heterocycles. The maximum atomic E-state index is 11.9. The summed E-state index contributed by atoms with van der Waals surface area (Å²) in [5.41, 5.74) is 4.49. The number of carbonyl (C=O) groups excluding carboxylic acids is 2. The zero-order chi connectivity index (χ0) is 19.9. The first kappa shape index (κ1) is 20.1. The summed E-state index contributed by atoms with van der Waals surface area (Å²) < 4.78 is 4.66. The number of methoxy groups -OCH3 is 1. The molecule has 1 aromatic carbocycles. The van der Waals surface area contributed by atoms with Crippen LogP contribution in [0.3, 0.4) is 0 Å². The Balaban J connectivity index is 1.50. The molecule has 7 nitrogen and oxygen atoms in total. The fourth-order valence-corrected chi connectivity index (χ4v) is 4.24. The second kappa shape index (κ2) is 9.50. The lowest BCUT2D eigenvalue weighted by Gasteiger charge is -2.16. The van der Waals surface area contributed by atoms with E-state index in [1.807, 2.05) is 18.2 Å². The highest BCUT2D eigenvalue weighted by atomic mass is 16.5. The van der Waals surface area contributed by atoms with Gasteiger partial charge < -0.3 is 15.2 Å². The predicted molar refractivity (Wildman–Crippen MR) is 107 cm³/mol. The molecule has 0 saturated heterocycles. The number of urea groups is 1. The summed E-state index contributed by atoms with van der Waals surface area (Å²) in [6.45, 7) is 0. The molecule has 2 saturated carbocycles. The lowest BCUT2D eigenvalue weighted by atomic mass is 9.92. The van der Waals surface area contributed by atoms with Crippen molar-refractivity contribution in [1.82, 2.24) is 5.43 Å². The second-order valence-corrected chi connectivity index (χ2v) is 7.40. The zero-order valence-corrected chi connectivity index (χ0v) is 16.0. The van der Waals surface area contributed by atoms with Gasteiger partial charge >= 0.3 is 12.0 Å². The van der Waals surface area contributed by atoms with E-state index in [0.717, 1.165) is 19.3 Å². The van der Waals surface area contributed by atoms with E-state index < -0.39 is 12.1 Å². The van der Waals surface area contributed by atoms with Gasteiger partial charge in [-0.1, -0.05) is 29.8 Å². The highest BCUT2D eigenvalue weighted by molar-refractivity contribution is 5.89. The van der Waals surface area contributed by atoms with Crippen LogP contribution in [-0.2, 0) is 9.53 Å². The molecule has 3 rings (SSSR count). The van der Waals surface area contributed by atoms with Gasteiger partial charge in [0.1, 0.15) is 0 Å². The Morgan fingerprint density at radius 3 is 2.82 bits per heavy atom. The van der Waals surface area contributed by atoms with Gasteiger partial charge in [0, 0.05) is 24.2 Å². The fourth-order valence-electron chi connectivity index (χ4n) is 4.24. The quantitative estimate of drug-likeness (QED) is 0.303. The highest BCUT2D eigenvalue weighted by Gasteiger charge is 2.45. The first-order valence-electron chi connectivity index (χ1n) is 9.65. The summed E-state index contributed by atoms with van der Waals surface area (Å²) >= 11 is 0. The minimum atomic E-state index is -0.436. The van der Waals surface area contributed by atoms with E-state index in [1.165, 1.54) is 12.7 Å². The average Bonchev–Trinajstić information content (AvgIpc) is 3.19. The van der Waals surface area contributed by atoms with Crippen molar-refractivity contribution in [3.63, 3.8) is 0 Å². The molecule has 150 valence electrons. The Morgan fingerprint density at radius 2 is 2.07 bits per heavy atom. The van der Waals surface area contributed by atoms with Crippen LogP contribution in [0.15, 0.2) is 47.1 Å². The predicted octanol–water partition coefficient (Wildman–Crippen LogP) is 3.08.